The summed E-state index contributed by atoms with van der Waals surface area (Å²) in [6.07, 6.45) is 3.47. The van der Waals surface area contributed by atoms with Gasteiger partial charge in [-0.2, -0.15) is 0 Å². The first-order valence-electron chi connectivity index (χ1n) is 8.79. The van der Waals surface area contributed by atoms with Crippen molar-refractivity contribution in [3.8, 4) is 0 Å². The highest BCUT2D eigenvalue weighted by molar-refractivity contribution is 6.00. The van der Waals surface area contributed by atoms with E-state index >= 15 is 0 Å². The van der Waals surface area contributed by atoms with Gasteiger partial charge in [-0.1, -0.05) is 65.8 Å². The molecule has 0 amide bonds. The van der Waals surface area contributed by atoms with E-state index < -0.39 is 0 Å². The van der Waals surface area contributed by atoms with Crippen LogP contribution in [0, 0.1) is 0 Å². The first kappa shape index (κ1) is 16.7. The van der Waals surface area contributed by atoms with Crippen LogP contribution < -0.4 is 0 Å². The molecule has 1 aliphatic rings. The van der Waals surface area contributed by atoms with Crippen molar-refractivity contribution in [1.29, 1.82) is 0 Å². The lowest BCUT2D eigenvalue weighted by Crippen LogP contribution is -2.35. The minimum Gasteiger partial charge on any atom is -0.399 e. The molecule has 24 heavy (non-hydrogen) atoms. The summed E-state index contributed by atoms with van der Waals surface area (Å²) < 4.78 is 0. The molecular weight excluding hydrogens is 296 g/mol. The van der Waals surface area contributed by atoms with Crippen LogP contribution in [0.3, 0.4) is 0 Å². The van der Waals surface area contributed by atoms with Crippen molar-refractivity contribution in [3.05, 3.63) is 71.8 Å². The van der Waals surface area contributed by atoms with Gasteiger partial charge in [0.2, 0.25) is 0 Å². The monoisotopic (exact) mass is 322 g/mol. The fourth-order valence-electron chi connectivity index (χ4n) is 3.50. The van der Waals surface area contributed by atoms with Gasteiger partial charge in [-0.25, -0.2) is 0 Å². The summed E-state index contributed by atoms with van der Waals surface area (Å²) in [5, 5.41) is 4.25. The zero-order chi connectivity index (χ0) is 16.6. The van der Waals surface area contributed by atoms with Crippen molar-refractivity contribution >= 4 is 5.71 Å². The van der Waals surface area contributed by atoms with Crippen LogP contribution in [0.4, 0.5) is 0 Å². The Kier molecular flexibility index (Phi) is 6.02. The van der Waals surface area contributed by atoms with Crippen LogP contribution >= 0.6 is 0 Å². The first-order valence-corrected chi connectivity index (χ1v) is 8.79. The second-order valence-corrected chi connectivity index (χ2v) is 6.39. The van der Waals surface area contributed by atoms with Gasteiger partial charge in [0.25, 0.3) is 0 Å². The maximum absolute atomic E-state index is 5.06. The molecule has 3 rings (SSSR count). The first-order chi connectivity index (χ1) is 11.9. The summed E-state index contributed by atoms with van der Waals surface area (Å²) in [5.41, 5.74) is 3.65. The molecule has 0 radical (unpaired) electrons. The molecule has 1 unspecified atom stereocenters. The van der Waals surface area contributed by atoms with Crippen LogP contribution in [0.1, 0.15) is 36.3 Å². The largest absolute Gasteiger partial charge is 0.399 e. The zero-order valence-electron chi connectivity index (χ0n) is 14.4. The molecule has 1 atom stereocenters. The van der Waals surface area contributed by atoms with Gasteiger partial charge in [0.05, 0.1) is 5.71 Å². The molecule has 0 saturated carbocycles. The van der Waals surface area contributed by atoms with Crippen molar-refractivity contribution in [2.75, 3.05) is 26.7 Å². The summed E-state index contributed by atoms with van der Waals surface area (Å²) in [6, 6.07) is 21.2. The molecule has 1 fully saturated rings. The molecule has 0 bridgehead atoms. The summed E-state index contributed by atoms with van der Waals surface area (Å²) in [4.78, 5) is 7.62. The minimum absolute atomic E-state index is 0.652. The topological polar surface area (TPSA) is 24.8 Å². The van der Waals surface area contributed by atoms with Gasteiger partial charge in [0.1, 0.15) is 7.11 Å². The lowest BCUT2D eigenvalue weighted by atomic mass is 9.90. The molecule has 0 aliphatic carbocycles. The number of hydrogen-bond donors (Lipinski definition) is 0. The average molecular weight is 322 g/mol. The summed E-state index contributed by atoms with van der Waals surface area (Å²) >= 11 is 0. The highest BCUT2D eigenvalue weighted by atomic mass is 16.6. The fourth-order valence-corrected chi connectivity index (χ4v) is 3.50. The van der Waals surface area contributed by atoms with Gasteiger partial charge >= 0.3 is 0 Å². The normalized spacial score (nSPS) is 19.2. The number of nitrogens with zero attached hydrogens (tertiary/aromatic N) is 2. The highest BCUT2D eigenvalue weighted by Gasteiger charge is 2.21. The van der Waals surface area contributed by atoms with Crippen LogP contribution in [-0.4, -0.2) is 37.4 Å². The van der Waals surface area contributed by atoms with Gasteiger partial charge in [0, 0.05) is 19.5 Å². The van der Waals surface area contributed by atoms with Crippen LogP contribution in [-0.2, 0) is 4.84 Å². The Morgan fingerprint density at radius 1 is 1.08 bits per heavy atom. The van der Waals surface area contributed by atoms with Gasteiger partial charge in [-0.15, -0.1) is 0 Å². The van der Waals surface area contributed by atoms with E-state index in [0.717, 1.165) is 30.8 Å². The standard InChI is InChI=1S/C21H26N2O/c1-24-22-21(19-11-6-3-7-12-19)14-16-23-15-8-13-20(17-23)18-9-4-2-5-10-18/h2-7,9-12,20H,8,13-17H2,1H3/b22-21-. The number of likely N-dealkylation sites (tertiary alicyclic amines) is 1. The quantitative estimate of drug-likeness (QED) is 0.585. The van der Waals surface area contributed by atoms with E-state index in [-0.39, 0.29) is 0 Å². The van der Waals surface area contributed by atoms with Gasteiger partial charge in [-0.05, 0) is 36.4 Å². The number of hydrogen-bond acceptors (Lipinski definition) is 3. The predicted molar refractivity (Wildman–Crippen MR) is 99.5 cm³/mol. The SMILES string of the molecule is CO/N=C(/CCN1CCCC(c2ccccc2)C1)c1ccccc1. The van der Waals surface area contributed by atoms with Crippen molar-refractivity contribution < 1.29 is 4.84 Å². The lowest BCUT2D eigenvalue weighted by molar-refractivity contribution is 0.204. The van der Waals surface area contributed by atoms with E-state index in [1.54, 1.807) is 7.11 Å². The molecule has 2 aromatic rings. The number of benzene rings is 2. The average Bonchev–Trinajstić information content (AvgIpc) is 2.67. The maximum atomic E-state index is 5.06. The fraction of sp³-hybridized carbons (Fsp3) is 0.381. The summed E-state index contributed by atoms with van der Waals surface area (Å²) in [7, 11) is 1.62. The van der Waals surface area contributed by atoms with Crippen molar-refractivity contribution in [1.82, 2.24) is 4.90 Å². The maximum Gasteiger partial charge on any atom is 0.106 e. The third-order valence-corrected chi connectivity index (χ3v) is 4.75. The van der Waals surface area contributed by atoms with E-state index in [2.05, 4.69) is 52.5 Å². The van der Waals surface area contributed by atoms with Crippen LogP contribution in [0.2, 0.25) is 0 Å². The van der Waals surface area contributed by atoms with E-state index in [0.29, 0.717) is 5.92 Å². The predicted octanol–water partition coefficient (Wildman–Crippen LogP) is 4.31. The van der Waals surface area contributed by atoms with Gasteiger partial charge < -0.3 is 9.74 Å². The van der Waals surface area contributed by atoms with E-state index in [9.17, 15) is 0 Å². The third kappa shape index (κ3) is 4.45. The second kappa shape index (κ2) is 8.65. The van der Waals surface area contributed by atoms with Crippen molar-refractivity contribution in [2.24, 2.45) is 5.16 Å². The second-order valence-electron chi connectivity index (χ2n) is 6.39. The molecule has 3 nitrogen and oxygen atoms in total. The van der Waals surface area contributed by atoms with Crippen LogP contribution in [0.25, 0.3) is 0 Å². The lowest BCUT2D eigenvalue weighted by Gasteiger charge is -2.33. The third-order valence-electron chi connectivity index (χ3n) is 4.75. The van der Waals surface area contributed by atoms with Crippen molar-refractivity contribution in [3.63, 3.8) is 0 Å². The molecular formula is C21H26N2O. The summed E-state index contributed by atoms with van der Waals surface area (Å²) in [5.74, 6) is 0.652. The Labute approximate surface area is 144 Å². The van der Waals surface area contributed by atoms with Gasteiger partial charge in [-0.3, -0.25) is 0 Å². The molecule has 126 valence electrons. The molecule has 0 N–H and O–H groups in total. The van der Waals surface area contributed by atoms with Crippen molar-refractivity contribution in [2.45, 2.75) is 25.2 Å². The summed E-state index contributed by atoms with van der Waals surface area (Å²) in [6.45, 7) is 3.35. The Morgan fingerprint density at radius 3 is 2.50 bits per heavy atom. The molecule has 1 heterocycles. The Balaban J connectivity index is 1.60. The van der Waals surface area contributed by atoms with E-state index in [1.807, 2.05) is 18.2 Å². The van der Waals surface area contributed by atoms with Crippen LogP contribution in [0.15, 0.2) is 65.8 Å². The molecule has 1 saturated heterocycles. The highest BCUT2D eigenvalue weighted by Crippen LogP contribution is 2.26. The van der Waals surface area contributed by atoms with Crippen LogP contribution in [0.5, 0.6) is 0 Å². The number of rotatable bonds is 6. The molecule has 0 aromatic heterocycles. The van der Waals surface area contributed by atoms with E-state index in [1.165, 1.54) is 24.9 Å². The Morgan fingerprint density at radius 2 is 1.79 bits per heavy atom. The number of piperidine rings is 1. The number of oxime groups is 1. The van der Waals surface area contributed by atoms with E-state index in [4.69, 9.17) is 4.84 Å². The smallest absolute Gasteiger partial charge is 0.106 e. The Hall–Kier alpha value is -2.13. The molecule has 3 heteroatoms. The van der Waals surface area contributed by atoms with Gasteiger partial charge in [0.15, 0.2) is 0 Å². The molecule has 2 aromatic carbocycles. The molecule has 1 aliphatic heterocycles. The minimum atomic E-state index is 0.652. The molecule has 0 spiro atoms. The zero-order valence-corrected chi connectivity index (χ0v) is 14.4. The Bertz CT molecular complexity index is 639.